The molecule has 0 bridgehead atoms. The number of halogens is 1. The number of carbonyl (C=O) groups excluding carboxylic acids is 1. The molecule has 25 heavy (non-hydrogen) atoms. The van der Waals surface area contributed by atoms with Gasteiger partial charge in [-0.05, 0) is 44.9 Å². The van der Waals surface area contributed by atoms with Crippen molar-refractivity contribution in [1.82, 2.24) is 20.1 Å². The maximum absolute atomic E-state index is 13.6. The first kappa shape index (κ1) is 17.1. The molecule has 0 aliphatic heterocycles. The van der Waals surface area contributed by atoms with Gasteiger partial charge in [0.25, 0.3) is 5.91 Å². The van der Waals surface area contributed by atoms with Crippen molar-refractivity contribution < 1.29 is 9.18 Å². The van der Waals surface area contributed by atoms with E-state index in [9.17, 15) is 9.18 Å². The SMILES string of the molecule is Cc1nc2c(cnn2C(C)C)cc1C(=O)NCCc1ccccc1F. The van der Waals surface area contributed by atoms with Crippen molar-refractivity contribution in [2.45, 2.75) is 33.2 Å². The summed E-state index contributed by atoms with van der Waals surface area (Å²) in [5, 5.41) is 8.00. The van der Waals surface area contributed by atoms with E-state index in [0.29, 0.717) is 29.8 Å². The molecule has 0 fully saturated rings. The lowest BCUT2D eigenvalue weighted by Gasteiger charge is -2.10. The van der Waals surface area contributed by atoms with Crippen LogP contribution in [0.5, 0.6) is 0 Å². The van der Waals surface area contributed by atoms with Crippen molar-refractivity contribution in [3.63, 3.8) is 0 Å². The maximum atomic E-state index is 13.6. The molecule has 5 nitrogen and oxygen atoms in total. The summed E-state index contributed by atoms with van der Waals surface area (Å²) in [7, 11) is 0. The van der Waals surface area contributed by atoms with Crippen LogP contribution < -0.4 is 5.32 Å². The summed E-state index contributed by atoms with van der Waals surface area (Å²) in [6.07, 6.45) is 2.16. The summed E-state index contributed by atoms with van der Waals surface area (Å²) >= 11 is 0. The molecule has 0 atom stereocenters. The third kappa shape index (κ3) is 3.52. The summed E-state index contributed by atoms with van der Waals surface area (Å²) in [5.74, 6) is -0.461. The van der Waals surface area contributed by atoms with E-state index in [0.717, 1.165) is 11.0 Å². The molecule has 0 spiro atoms. The van der Waals surface area contributed by atoms with E-state index in [1.807, 2.05) is 31.5 Å². The lowest BCUT2D eigenvalue weighted by atomic mass is 10.1. The number of rotatable bonds is 5. The molecule has 1 N–H and O–H groups in total. The lowest BCUT2D eigenvalue weighted by Crippen LogP contribution is -2.27. The predicted molar refractivity (Wildman–Crippen MR) is 95.1 cm³/mol. The van der Waals surface area contributed by atoms with E-state index in [1.165, 1.54) is 6.07 Å². The van der Waals surface area contributed by atoms with Gasteiger partial charge in [-0.25, -0.2) is 14.1 Å². The second-order valence-corrected chi connectivity index (χ2v) is 6.31. The van der Waals surface area contributed by atoms with Crippen LogP contribution in [0.1, 0.15) is 41.5 Å². The Morgan fingerprint density at radius 2 is 2.08 bits per heavy atom. The molecule has 1 aromatic carbocycles. The Bertz CT molecular complexity index is 917. The molecule has 0 aliphatic carbocycles. The van der Waals surface area contributed by atoms with Crippen LogP contribution in [0.4, 0.5) is 4.39 Å². The Morgan fingerprint density at radius 3 is 2.80 bits per heavy atom. The van der Waals surface area contributed by atoms with Gasteiger partial charge in [-0.3, -0.25) is 4.79 Å². The molecule has 6 heteroatoms. The zero-order valence-corrected chi connectivity index (χ0v) is 14.6. The van der Waals surface area contributed by atoms with Gasteiger partial charge in [-0.1, -0.05) is 18.2 Å². The topological polar surface area (TPSA) is 59.8 Å². The largest absolute Gasteiger partial charge is 0.352 e. The minimum absolute atomic E-state index is 0.199. The highest BCUT2D eigenvalue weighted by Gasteiger charge is 2.15. The van der Waals surface area contributed by atoms with Gasteiger partial charge in [0.05, 0.1) is 17.5 Å². The summed E-state index contributed by atoms with van der Waals surface area (Å²) in [5.41, 5.74) is 2.53. The van der Waals surface area contributed by atoms with Crippen LogP contribution in [0.25, 0.3) is 11.0 Å². The fourth-order valence-corrected chi connectivity index (χ4v) is 2.78. The molecule has 0 aliphatic rings. The van der Waals surface area contributed by atoms with Crippen molar-refractivity contribution >= 4 is 16.9 Å². The van der Waals surface area contributed by atoms with E-state index >= 15 is 0 Å². The second-order valence-electron chi connectivity index (χ2n) is 6.31. The molecule has 2 aromatic heterocycles. The Hall–Kier alpha value is -2.76. The molecule has 0 unspecified atom stereocenters. The predicted octanol–water partition coefficient (Wildman–Crippen LogP) is 3.43. The molecule has 130 valence electrons. The lowest BCUT2D eigenvalue weighted by molar-refractivity contribution is 0.0953. The Labute approximate surface area is 145 Å². The van der Waals surface area contributed by atoms with Crippen LogP contribution in [-0.2, 0) is 6.42 Å². The average Bonchev–Trinajstić information content (AvgIpc) is 2.98. The number of aryl methyl sites for hydroxylation is 1. The number of pyridine rings is 1. The average molecular weight is 340 g/mol. The first-order chi connectivity index (χ1) is 12.0. The van der Waals surface area contributed by atoms with Crippen LogP contribution in [0.3, 0.4) is 0 Å². The van der Waals surface area contributed by atoms with E-state index in [4.69, 9.17) is 0 Å². The van der Waals surface area contributed by atoms with Crippen molar-refractivity contribution in [3.8, 4) is 0 Å². The standard InChI is InChI=1S/C19H21FN4O/c1-12(2)24-18-15(11-22-24)10-16(13(3)23-18)19(25)21-9-8-14-6-4-5-7-17(14)20/h4-7,10-12H,8-9H2,1-3H3,(H,21,25). The van der Waals surface area contributed by atoms with Gasteiger partial charge >= 0.3 is 0 Å². The fraction of sp³-hybridized carbons (Fsp3) is 0.316. The number of benzene rings is 1. The van der Waals surface area contributed by atoms with Gasteiger partial charge < -0.3 is 5.32 Å². The van der Waals surface area contributed by atoms with Crippen molar-refractivity contribution in [2.24, 2.45) is 0 Å². The zero-order chi connectivity index (χ0) is 18.0. The highest BCUT2D eigenvalue weighted by Crippen LogP contribution is 2.19. The molecule has 0 radical (unpaired) electrons. The van der Waals surface area contributed by atoms with Crippen LogP contribution in [0.15, 0.2) is 36.5 Å². The number of hydrogen-bond acceptors (Lipinski definition) is 3. The van der Waals surface area contributed by atoms with Crippen molar-refractivity contribution in [2.75, 3.05) is 6.54 Å². The molecule has 3 aromatic rings. The molecular weight excluding hydrogens is 319 g/mol. The van der Waals surface area contributed by atoms with E-state index in [2.05, 4.69) is 15.4 Å². The number of nitrogens with one attached hydrogen (secondary N) is 1. The van der Waals surface area contributed by atoms with E-state index in [-0.39, 0.29) is 17.8 Å². The Balaban J connectivity index is 1.74. The number of aromatic nitrogens is 3. The van der Waals surface area contributed by atoms with E-state index in [1.54, 1.807) is 24.4 Å². The minimum Gasteiger partial charge on any atom is -0.352 e. The zero-order valence-electron chi connectivity index (χ0n) is 14.6. The number of hydrogen-bond donors (Lipinski definition) is 1. The maximum Gasteiger partial charge on any atom is 0.253 e. The highest BCUT2D eigenvalue weighted by molar-refractivity contribution is 5.98. The Morgan fingerprint density at radius 1 is 1.32 bits per heavy atom. The summed E-state index contributed by atoms with van der Waals surface area (Å²) in [6.45, 7) is 6.24. The fourth-order valence-electron chi connectivity index (χ4n) is 2.78. The summed E-state index contributed by atoms with van der Waals surface area (Å²) < 4.78 is 15.4. The quantitative estimate of drug-likeness (QED) is 0.774. The molecule has 0 saturated heterocycles. The van der Waals surface area contributed by atoms with Gasteiger partial charge in [-0.15, -0.1) is 0 Å². The van der Waals surface area contributed by atoms with Gasteiger partial charge in [0, 0.05) is 18.0 Å². The smallest absolute Gasteiger partial charge is 0.253 e. The van der Waals surface area contributed by atoms with Gasteiger partial charge in [0.15, 0.2) is 5.65 Å². The van der Waals surface area contributed by atoms with Crippen LogP contribution in [0.2, 0.25) is 0 Å². The van der Waals surface area contributed by atoms with Crippen molar-refractivity contribution in [1.29, 1.82) is 0 Å². The van der Waals surface area contributed by atoms with Gasteiger partial charge in [0.2, 0.25) is 0 Å². The van der Waals surface area contributed by atoms with Crippen LogP contribution in [-0.4, -0.2) is 27.2 Å². The summed E-state index contributed by atoms with van der Waals surface area (Å²) in [6, 6.07) is 8.59. The first-order valence-corrected chi connectivity index (χ1v) is 8.34. The van der Waals surface area contributed by atoms with Gasteiger partial charge in [0.1, 0.15) is 5.82 Å². The third-order valence-corrected chi connectivity index (χ3v) is 4.13. The molecular formula is C19H21FN4O. The van der Waals surface area contributed by atoms with Crippen LogP contribution in [0, 0.1) is 12.7 Å². The van der Waals surface area contributed by atoms with Gasteiger partial charge in [-0.2, -0.15) is 5.10 Å². The number of nitrogens with zero attached hydrogens (tertiary/aromatic N) is 3. The van der Waals surface area contributed by atoms with E-state index < -0.39 is 0 Å². The minimum atomic E-state index is -0.253. The Kier molecular flexibility index (Phi) is 4.79. The first-order valence-electron chi connectivity index (χ1n) is 8.34. The number of amides is 1. The van der Waals surface area contributed by atoms with Crippen molar-refractivity contribution in [3.05, 3.63) is 59.2 Å². The highest BCUT2D eigenvalue weighted by atomic mass is 19.1. The molecule has 0 saturated carbocycles. The third-order valence-electron chi connectivity index (χ3n) is 4.13. The van der Waals surface area contributed by atoms with Crippen LogP contribution >= 0.6 is 0 Å². The molecule has 3 rings (SSSR count). The number of carbonyl (C=O) groups is 1. The molecule has 2 heterocycles. The monoisotopic (exact) mass is 340 g/mol. The number of fused-ring (bicyclic) bond motifs is 1. The second kappa shape index (κ2) is 7.01. The normalized spacial score (nSPS) is 11.2. The molecule has 1 amide bonds. The summed E-state index contributed by atoms with van der Waals surface area (Å²) in [4.78, 5) is 17.0.